The molecule has 5 rings (SSSR count). The van der Waals surface area contributed by atoms with Crippen molar-refractivity contribution < 1.29 is 12.8 Å². The highest BCUT2D eigenvalue weighted by atomic mass is 32.2. The Morgan fingerprint density at radius 1 is 1.22 bits per heavy atom. The number of hydrogen-bond acceptors (Lipinski definition) is 8. The Morgan fingerprint density at radius 3 is 2.69 bits per heavy atom. The first-order chi connectivity index (χ1) is 15.2. The van der Waals surface area contributed by atoms with Crippen molar-refractivity contribution in [3.05, 3.63) is 59.7 Å². The van der Waals surface area contributed by atoms with Crippen LogP contribution in [0.3, 0.4) is 0 Å². The Bertz CT molecular complexity index is 1460. The molecule has 0 spiro atoms. The van der Waals surface area contributed by atoms with Gasteiger partial charge in [0.25, 0.3) is 0 Å². The van der Waals surface area contributed by atoms with Crippen LogP contribution in [-0.2, 0) is 15.6 Å². The summed E-state index contributed by atoms with van der Waals surface area (Å²) in [5, 5.41) is 4.50. The molecule has 4 aromatic heterocycles. The summed E-state index contributed by atoms with van der Waals surface area (Å²) >= 11 is 1.13. The summed E-state index contributed by atoms with van der Waals surface area (Å²) in [7, 11) is -2.40. The fourth-order valence-electron chi connectivity index (χ4n) is 3.68. The van der Waals surface area contributed by atoms with E-state index >= 15 is 4.39 Å². The summed E-state index contributed by atoms with van der Waals surface area (Å²) in [4.78, 5) is 13.4. The summed E-state index contributed by atoms with van der Waals surface area (Å²) in [5.74, 6) is -0.442. The van der Waals surface area contributed by atoms with Crippen molar-refractivity contribution in [1.29, 1.82) is 0 Å². The van der Waals surface area contributed by atoms with E-state index in [2.05, 4.69) is 20.1 Å². The number of nitrogens with two attached hydrogens (primary N) is 1. The first kappa shape index (κ1) is 20.5. The van der Waals surface area contributed by atoms with Crippen molar-refractivity contribution >= 4 is 37.4 Å². The van der Waals surface area contributed by atoms with Gasteiger partial charge in [0.15, 0.2) is 5.82 Å². The number of aromatic nitrogens is 4. The average molecular weight is 472 g/mol. The van der Waals surface area contributed by atoms with Crippen LogP contribution in [0.25, 0.3) is 27.2 Å². The molecule has 0 unspecified atom stereocenters. The smallest absolute Gasteiger partial charge is 0.239 e. The van der Waals surface area contributed by atoms with Crippen molar-refractivity contribution in [1.82, 2.24) is 24.1 Å². The number of rotatable bonds is 3. The van der Waals surface area contributed by atoms with Gasteiger partial charge < -0.3 is 5.73 Å². The van der Waals surface area contributed by atoms with E-state index < -0.39 is 21.4 Å². The van der Waals surface area contributed by atoms with E-state index in [1.807, 2.05) is 6.07 Å². The molecule has 32 heavy (non-hydrogen) atoms. The summed E-state index contributed by atoms with van der Waals surface area (Å²) in [6.07, 6.45) is 6.61. The van der Waals surface area contributed by atoms with Gasteiger partial charge in [0.1, 0.15) is 11.4 Å². The normalized spacial score (nSPS) is 20.5. The Kier molecular flexibility index (Phi) is 4.53. The van der Waals surface area contributed by atoms with Gasteiger partial charge in [0.05, 0.1) is 21.0 Å². The fourth-order valence-corrected chi connectivity index (χ4v) is 6.48. The maximum Gasteiger partial charge on any atom is 0.239 e. The summed E-state index contributed by atoms with van der Waals surface area (Å²) in [6, 6.07) is 7.00. The van der Waals surface area contributed by atoms with Crippen molar-refractivity contribution in [2.24, 2.45) is 10.7 Å². The lowest BCUT2D eigenvalue weighted by Crippen LogP contribution is -2.50. The van der Waals surface area contributed by atoms with Crippen LogP contribution < -0.4 is 5.73 Å². The number of guanidine groups is 1. The second-order valence-corrected chi connectivity index (χ2v) is 10.6. The molecule has 0 bridgehead atoms. The maximum atomic E-state index is 15.5. The molecule has 1 aliphatic heterocycles. The van der Waals surface area contributed by atoms with Gasteiger partial charge >= 0.3 is 0 Å². The van der Waals surface area contributed by atoms with Crippen molar-refractivity contribution in [2.75, 3.05) is 12.8 Å². The number of hydrogen-bond donors (Lipinski definition) is 1. The van der Waals surface area contributed by atoms with Gasteiger partial charge in [0.2, 0.25) is 16.0 Å². The quantitative estimate of drug-likeness (QED) is 0.490. The summed E-state index contributed by atoms with van der Waals surface area (Å²) in [5.41, 5.74) is 5.74. The summed E-state index contributed by atoms with van der Waals surface area (Å²) < 4.78 is 43.7. The van der Waals surface area contributed by atoms with Gasteiger partial charge in [-0.15, -0.1) is 11.3 Å². The maximum absolute atomic E-state index is 15.5. The van der Waals surface area contributed by atoms with Gasteiger partial charge in [-0.05, 0) is 31.2 Å². The van der Waals surface area contributed by atoms with Crippen LogP contribution in [0.15, 0.2) is 54.0 Å². The highest BCUT2D eigenvalue weighted by molar-refractivity contribution is 7.89. The number of aliphatic imine (C=N–C) groups is 1. The molecule has 0 aromatic carbocycles. The minimum absolute atomic E-state index is 0.174. The number of pyridine rings is 2. The molecule has 12 heteroatoms. The molecule has 2 N–H and O–H groups in total. The van der Waals surface area contributed by atoms with Gasteiger partial charge in [-0.25, -0.2) is 31.8 Å². The predicted octanol–water partition coefficient (Wildman–Crippen LogP) is 2.49. The minimum Gasteiger partial charge on any atom is -0.369 e. The Morgan fingerprint density at radius 2 is 2.03 bits per heavy atom. The number of sulfonamides is 1. The lowest BCUT2D eigenvalue weighted by Gasteiger charge is -2.33. The second-order valence-electron chi connectivity index (χ2n) is 7.60. The van der Waals surface area contributed by atoms with Crippen LogP contribution >= 0.6 is 11.3 Å². The molecule has 0 amide bonds. The van der Waals surface area contributed by atoms with E-state index in [1.165, 1.54) is 13.2 Å². The molecule has 0 radical (unpaired) electrons. The zero-order valence-corrected chi connectivity index (χ0v) is 18.7. The lowest BCUT2D eigenvalue weighted by molar-refractivity contribution is 0.467. The number of fused-ring (bicyclic) bond motifs is 1. The lowest BCUT2D eigenvalue weighted by atomic mass is 10.0. The zero-order chi connectivity index (χ0) is 22.7. The monoisotopic (exact) mass is 471 g/mol. The van der Waals surface area contributed by atoms with E-state index in [0.29, 0.717) is 27.2 Å². The fraction of sp³-hybridized carbons (Fsp3) is 0.200. The number of halogens is 1. The van der Waals surface area contributed by atoms with E-state index in [-0.39, 0.29) is 16.6 Å². The van der Waals surface area contributed by atoms with Crippen LogP contribution in [0.1, 0.15) is 11.8 Å². The molecule has 0 fully saturated rings. The first-order valence-corrected chi connectivity index (χ1v) is 12.0. The van der Waals surface area contributed by atoms with Crippen LogP contribution in [-0.4, -0.2) is 51.2 Å². The molecule has 1 aliphatic rings. The molecule has 4 aromatic rings. The minimum atomic E-state index is -3.73. The Hall–Kier alpha value is -3.38. The van der Waals surface area contributed by atoms with Crippen LogP contribution in [0.4, 0.5) is 4.39 Å². The van der Waals surface area contributed by atoms with E-state index in [9.17, 15) is 8.42 Å². The molecular weight excluding hydrogens is 453 g/mol. The third-order valence-electron chi connectivity index (χ3n) is 5.36. The third kappa shape index (κ3) is 3.14. The molecule has 0 saturated heterocycles. The molecule has 0 aliphatic carbocycles. The van der Waals surface area contributed by atoms with Gasteiger partial charge in [-0.1, -0.05) is 0 Å². The van der Waals surface area contributed by atoms with Crippen molar-refractivity contribution in [3.63, 3.8) is 0 Å². The largest absolute Gasteiger partial charge is 0.369 e. The van der Waals surface area contributed by atoms with Crippen molar-refractivity contribution in [2.45, 2.75) is 12.5 Å². The molecule has 5 heterocycles. The van der Waals surface area contributed by atoms with E-state index in [1.54, 1.807) is 48.4 Å². The number of thiophene rings is 1. The highest BCUT2D eigenvalue weighted by Gasteiger charge is 2.43. The average Bonchev–Trinajstić information content (AvgIpc) is 3.41. The predicted molar refractivity (Wildman–Crippen MR) is 120 cm³/mol. The SMILES string of the molecule is CN1C(N)=N[C@](C)(c2sc3c(-c4ccc(-n5cccn5)nc4)nccc3c2F)CS1(=O)=O. The molecule has 9 nitrogen and oxygen atoms in total. The van der Waals surface area contributed by atoms with Crippen LogP contribution in [0.2, 0.25) is 0 Å². The van der Waals surface area contributed by atoms with Gasteiger partial charge in [-0.3, -0.25) is 4.98 Å². The Labute approximate surface area is 187 Å². The summed E-state index contributed by atoms with van der Waals surface area (Å²) in [6.45, 7) is 1.58. The molecule has 0 saturated carbocycles. The van der Waals surface area contributed by atoms with Crippen LogP contribution in [0.5, 0.6) is 0 Å². The Balaban J connectivity index is 1.64. The topological polar surface area (TPSA) is 119 Å². The van der Waals surface area contributed by atoms with E-state index in [0.717, 1.165) is 15.6 Å². The van der Waals surface area contributed by atoms with Crippen molar-refractivity contribution in [3.8, 4) is 17.1 Å². The molecule has 164 valence electrons. The molecule has 1 atom stereocenters. The standard InChI is InChI=1S/C20H18FN7O2S2/c1-20(11-32(29,30)27(2)19(22)26-20)18-15(21)13-6-8-23-16(17(13)31-18)12-4-5-14(24-10-12)28-9-3-7-25-28/h3-10H,11H2,1-2H3,(H2,22,26)/t20-/m0/s1. The highest BCUT2D eigenvalue weighted by Crippen LogP contribution is 2.43. The third-order valence-corrected chi connectivity index (χ3v) is 8.75. The second kappa shape index (κ2) is 7.07. The zero-order valence-electron chi connectivity index (χ0n) is 17.1. The number of nitrogens with zero attached hydrogens (tertiary/aromatic N) is 6. The van der Waals surface area contributed by atoms with Gasteiger partial charge in [0, 0.05) is 42.8 Å². The first-order valence-electron chi connectivity index (χ1n) is 9.55. The van der Waals surface area contributed by atoms with Crippen LogP contribution in [0, 0.1) is 5.82 Å². The van der Waals surface area contributed by atoms with E-state index in [4.69, 9.17) is 5.73 Å². The molecular formula is C20H18FN7O2S2. The van der Waals surface area contributed by atoms with Gasteiger partial charge in [-0.2, -0.15) is 5.10 Å².